The van der Waals surface area contributed by atoms with Gasteiger partial charge >= 0.3 is 0 Å². The van der Waals surface area contributed by atoms with Crippen LogP contribution in [0.5, 0.6) is 11.5 Å². The third kappa shape index (κ3) is 3.05. The molecule has 0 aliphatic heterocycles. The average molecular weight is 324 g/mol. The number of benzene rings is 1. The van der Waals surface area contributed by atoms with Gasteiger partial charge < -0.3 is 14.6 Å². The fourth-order valence-corrected chi connectivity index (χ4v) is 1.98. The predicted octanol–water partition coefficient (Wildman–Crippen LogP) is 2.94. The van der Waals surface area contributed by atoms with Crippen molar-refractivity contribution in [1.82, 2.24) is 4.98 Å². The minimum Gasteiger partial charge on any atom is -0.493 e. The topological polar surface area (TPSA) is 51.6 Å². The second-order valence-corrected chi connectivity index (χ2v) is 4.83. The fraction of sp³-hybridized carbons (Fsp3) is 0.214. The summed E-state index contributed by atoms with van der Waals surface area (Å²) in [6.45, 7) is 0. The molecule has 1 aromatic heterocycles. The van der Waals surface area contributed by atoms with Crippen molar-refractivity contribution in [3.8, 4) is 11.5 Å². The minimum absolute atomic E-state index is 0.579. The normalized spacial score (nSPS) is 12.0. The number of halogens is 1. The van der Waals surface area contributed by atoms with E-state index in [2.05, 4.69) is 20.9 Å². The Bertz CT molecular complexity index is 557. The fourth-order valence-electron chi connectivity index (χ4n) is 1.74. The second kappa shape index (κ2) is 6.04. The van der Waals surface area contributed by atoms with Gasteiger partial charge in [-0.3, -0.25) is 4.98 Å². The van der Waals surface area contributed by atoms with Gasteiger partial charge in [-0.25, -0.2) is 0 Å². The van der Waals surface area contributed by atoms with Gasteiger partial charge in [-0.1, -0.05) is 6.07 Å². The molecule has 19 heavy (non-hydrogen) atoms. The molecule has 1 aromatic carbocycles. The molecule has 5 heteroatoms. The van der Waals surface area contributed by atoms with E-state index in [1.807, 2.05) is 6.07 Å². The zero-order valence-corrected chi connectivity index (χ0v) is 12.2. The lowest BCUT2D eigenvalue weighted by Crippen LogP contribution is -2.03. The van der Waals surface area contributed by atoms with Gasteiger partial charge in [0.25, 0.3) is 0 Å². The number of aliphatic hydroxyl groups excluding tert-OH is 1. The van der Waals surface area contributed by atoms with Crippen molar-refractivity contribution >= 4 is 15.9 Å². The molecule has 0 aliphatic rings. The van der Waals surface area contributed by atoms with Crippen molar-refractivity contribution in [1.29, 1.82) is 0 Å². The summed E-state index contributed by atoms with van der Waals surface area (Å²) < 4.78 is 11.3. The van der Waals surface area contributed by atoms with E-state index >= 15 is 0 Å². The van der Waals surface area contributed by atoms with Crippen LogP contribution in [-0.2, 0) is 0 Å². The number of rotatable bonds is 4. The van der Waals surface area contributed by atoms with Gasteiger partial charge in [-0.2, -0.15) is 0 Å². The van der Waals surface area contributed by atoms with E-state index in [-0.39, 0.29) is 0 Å². The second-order valence-electron chi connectivity index (χ2n) is 3.92. The van der Waals surface area contributed by atoms with Gasteiger partial charge in [-0.15, -0.1) is 0 Å². The number of ether oxygens (including phenoxy) is 2. The molecule has 0 aliphatic carbocycles. The molecule has 2 aromatic rings. The van der Waals surface area contributed by atoms with Crippen LogP contribution in [0.3, 0.4) is 0 Å². The van der Waals surface area contributed by atoms with Crippen LogP contribution >= 0.6 is 15.9 Å². The number of hydrogen-bond donors (Lipinski definition) is 1. The molecule has 1 N–H and O–H groups in total. The lowest BCUT2D eigenvalue weighted by molar-refractivity contribution is 0.214. The van der Waals surface area contributed by atoms with Crippen molar-refractivity contribution in [3.05, 3.63) is 52.3 Å². The maximum atomic E-state index is 10.3. The van der Waals surface area contributed by atoms with E-state index < -0.39 is 6.10 Å². The number of aliphatic hydroxyl groups is 1. The van der Waals surface area contributed by atoms with Crippen molar-refractivity contribution < 1.29 is 14.6 Å². The van der Waals surface area contributed by atoms with E-state index in [4.69, 9.17) is 9.47 Å². The van der Waals surface area contributed by atoms with E-state index in [9.17, 15) is 5.11 Å². The summed E-state index contributed by atoms with van der Waals surface area (Å²) in [4.78, 5) is 4.18. The van der Waals surface area contributed by atoms with Crippen LogP contribution in [0.25, 0.3) is 0 Å². The molecule has 0 saturated carbocycles. The SMILES string of the molecule is COc1ccc(C(O)c2ccc(Br)cn2)cc1OC. The van der Waals surface area contributed by atoms with Gasteiger partial charge in [0.15, 0.2) is 11.5 Å². The van der Waals surface area contributed by atoms with Crippen molar-refractivity contribution in [2.24, 2.45) is 0 Å². The minimum atomic E-state index is -0.798. The summed E-state index contributed by atoms with van der Waals surface area (Å²) in [5.41, 5.74) is 1.28. The Kier molecular flexibility index (Phi) is 4.39. The Balaban J connectivity index is 2.33. The van der Waals surface area contributed by atoms with Crippen LogP contribution < -0.4 is 9.47 Å². The molecular weight excluding hydrogens is 310 g/mol. The monoisotopic (exact) mass is 323 g/mol. The van der Waals surface area contributed by atoms with Crippen LogP contribution in [0.4, 0.5) is 0 Å². The standard InChI is InChI=1S/C14H14BrNO3/c1-18-12-6-3-9(7-13(12)19-2)14(17)11-5-4-10(15)8-16-11/h3-8,14,17H,1-2H3. The number of pyridine rings is 1. The quantitative estimate of drug-likeness (QED) is 0.939. The van der Waals surface area contributed by atoms with Gasteiger partial charge in [0.05, 0.1) is 19.9 Å². The lowest BCUT2D eigenvalue weighted by atomic mass is 10.1. The molecule has 0 bridgehead atoms. The summed E-state index contributed by atoms with van der Waals surface area (Å²) in [7, 11) is 3.14. The number of hydrogen-bond acceptors (Lipinski definition) is 4. The maximum absolute atomic E-state index is 10.3. The van der Waals surface area contributed by atoms with Crippen molar-refractivity contribution in [2.45, 2.75) is 6.10 Å². The van der Waals surface area contributed by atoms with E-state index in [1.165, 1.54) is 0 Å². The summed E-state index contributed by atoms with van der Waals surface area (Å²) in [6, 6.07) is 8.90. The molecule has 0 saturated heterocycles. The largest absolute Gasteiger partial charge is 0.493 e. The Morgan fingerprint density at radius 3 is 2.42 bits per heavy atom. The first-order chi connectivity index (χ1) is 9.15. The molecule has 0 amide bonds. The Morgan fingerprint density at radius 2 is 1.84 bits per heavy atom. The number of aromatic nitrogens is 1. The molecule has 0 spiro atoms. The first-order valence-electron chi connectivity index (χ1n) is 5.67. The Morgan fingerprint density at radius 1 is 1.11 bits per heavy atom. The van der Waals surface area contributed by atoms with Gasteiger partial charge in [0.1, 0.15) is 6.10 Å². The maximum Gasteiger partial charge on any atom is 0.161 e. The third-order valence-electron chi connectivity index (χ3n) is 2.75. The molecule has 0 radical (unpaired) electrons. The molecule has 2 rings (SSSR count). The van der Waals surface area contributed by atoms with Crippen LogP contribution in [0, 0.1) is 0 Å². The first kappa shape index (κ1) is 13.8. The number of nitrogens with zero attached hydrogens (tertiary/aromatic N) is 1. The van der Waals surface area contributed by atoms with Crippen LogP contribution in [-0.4, -0.2) is 24.3 Å². The van der Waals surface area contributed by atoms with Crippen LogP contribution in [0.15, 0.2) is 41.0 Å². The highest BCUT2D eigenvalue weighted by Gasteiger charge is 2.14. The molecule has 0 fully saturated rings. The number of methoxy groups -OCH3 is 2. The summed E-state index contributed by atoms with van der Waals surface area (Å²) in [6.07, 6.45) is 0.854. The molecule has 1 unspecified atom stereocenters. The van der Waals surface area contributed by atoms with Gasteiger partial charge in [0.2, 0.25) is 0 Å². The molecule has 1 heterocycles. The van der Waals surface area contributed by atoms with Crippen molar-refractivity contribution in [3.63, 3.8) is 0 Å². The van der Waals surface area contributed by atoms with Crippen LogP contribution in [0.1, 0.15) is 17.4 Å². The lowest BCUT2D eigenvalue weighted by Gasteiger charge is -2.13. The predicted molar refractivity (Wildman–Crippen MR) is 75.5 cm³/mol. The highest BCUT2D eigenvalue weighted by molar-refractivity contribution is 9.10. The molecule has 100 valence electrons. The van der Waals surface area contributed by atoms with Crippen molar-refractivity contribution in [2.75, 3.05) is 14.2 Å². The highest BCUT2D eigenvalue weighted by Crippen LogP contribution is 2.31. The smallest absolute Gasteiger partial charge is 0.161 e. The summed E-state index contributed by atoms with van der Waals surface area (Å²) >= 11 is 3.31. The first-order valence-corrected chi connectivity index (χ1v) is 6.46. The van der Waals surface area contributed by atoms with Gasteiger partial charge in [0, 0.05) is 10.7 Å². The summed E-state index contributed by atoms with van der Waals surface area (Å²) in [5, 5.41) is 10.3. The highest BCUT2D eigenvalue weighted by atomic mass is 79.9. The third-order valence-corrected chi connectivity index (χ3v) is 3.22. The van der Waals surface area contributed by atoms with E-state index in [0.717, 1.165) is 4.47 Å². The van der Waals surface area contributed by atoms with Gasteiger partial charge in [-0.05, 0) is 45.8 Å². The average Bonchev–Trinajstić information content (AvgIpc) is 2.46. The Hall–Kier alpha value is -1.59. The molecule has 1 atom stereocenters. The van der Waals surface area contributed by atoms with E-state index in [1.54, 1.807) is 44.7 Å². The van der Waals surface area contributed by atoms with Crippen LogP contribution in [0.2, 0.25) is 0 Å². The zero-order chi connectivity index (χ0) is 13.8. The zero-order valence-electron chi connectivity index (χ0n) is 10.6. The molecular formula is C14H14BrNO3. The summed E-state index contributed by atoms with van der Waals surface area (Å²) in [5.74, 6) is 1.21. The molecule has 4 nitrogen and oxygen atoms in total. The Labute approximate surface area is 120 Å². The van der Waals surface area contributed by atoms with E-state index in [0.29, 0.717) is 22.8 Å².